The molecule has 0 aromatic heterocycles. The number of isocyanates is 2. The van der Waals surface area contributed by atoms with Crippen LogP contribution in [0.1, 0.15) is 24.0 Å². The second kappa shape index (κ2) is 6.58. The summed E-state index contributed by atoms with van der Waals surface area (Å²) >= 11 is 0. The Kier molecular flexibility index (Phi) is 4.57. The molecule has 104 valence electrons. The van der Waals surface area contributed by atoms with E-state index in [0.29, 0.717) is 0 Å². The minimum absolute atomic E-state index is 0.372. The summed E-state index contributed by atoms with van der Waals surface area (Å²) in [7, 11) is 0. The maximum absolute atomic E-state index is 10.8. The summed E-state index contributed by atoms with van der Waals surface area (Å²) in [5.41, 5.74) is 0.542. The molecule has 0 unspecified atom stereocenters. The number of rotatable bonds is 5. The zero-order valence-corrected chi connectivity index (χ0v) is 11.6. The minimum atomic E-state index is -1.27. The van der Waals surface area contributed by atoms with Crippen LogP contribution < -0.4 is 0 Å². The first kappa shape index (κ1) is 14.6. The summed E-state index contributed by atoms with van der Waals surface area (Å²) in [6.45, 7) is 1.62. The molecule has 4 nitrogen and oxygen atoms in total. The van der Waals surface area contributed by atoms with Gasteiger partial charge in [0, 0.05) is 0 Å². The first-order valence-electron chi connectivity index (χ1n) is 6.49. The summed E-state index contributed by atoms with van der Waals surface area (Å²) in [4.78, 5) is 29.1. The summed E-state index contributed by atoms with van der Waals surface area (Å²) in [6.07, 6.45) is 3.03. The van der Waals surface area contributed by atoms with Gasteiger partial charge in [-0.25, -0.2) is 9.59 Å². The standard InChI is InChI=1S/C17H14N2O2/c1-17(18-12-20,19-13-21)16(14-8-4-2-5-9-14)15-10-6-3-7-11-15/h2-11,16H,1H3. The van der Waals surface area contributed by atoms with E-state index in [0.717, 1.165) is 11.1 Å². The quantitative estimate of drug-likeness (QED) is 0.623. The van der Waals surface area contributed by atoms with E-state index in [4.69, 9.17) is 0 Å². The minimum Gasteiger partial charge on any atom is -0.211 e. The van der Waals surface area contributed by atoms with Gasteiger partial charge in [-0.2, -0.15) is 9.98 Å². The van der Waals surface area contributed by atoms with Crippen molar-refractivity contribution in [3.8, 4) is 0 Å². The van der Waals surface area contributed by atoms with Crippen LogP contribution in [0.4, 0.5) is 0 Å². The second-order valence-electron chi connectivity index (χ2n) is 4.75. The van der Waals surface area contributed by atoms with E-state index in [-0.39, 0.29) is 5.92 Å². The molecule has 2 rings (SSSR count). The molecule has 0 radical (unpaired) electrons. The Hall–Kier alpha value is -2.80. The Balaban J connectivity index is 2.66. The molecular formula is C17H14N2O2. The molecule has 0 saturated carbocycles. The van der Waals surface area contributed by atoms with Crippen LogP contribution in [-0.4, -0.2) is 17.8 Å². The normalized spacial score (nSPS) is 12.9. The highest BCUT2D eigenvalue weighted by Crippen LogP contribution is 2.38. The van der Waals surface area contributed by atoms with Gasteiger partial charge in [0.15, 0.2) is 5.66 Å². The lowest BCUT2D eigenvalue weighted by molar-refractivity contribution is 0.427. The highest BCUT2D eigenvalue weighted by Gasteiger charge is 2.36. The van der Waals surface area contributed by atoms with Crippen LogP contribution in [0, 0.1) is 0 Å². The average molecular weight is 278 g/mol. The van der Waals surface area contributed by atoms with E-state index in [1.807, 2.05) is 60.7 Å². The number of aliphatic imine (C=N–C) groups is 2. The van der Waals surface area contributed by atoms with Crippen molar-refractivity contribution in [2.45, 2.75) is 18.5 Å². The average Bonchev–Trinajstić information content (AvgIpc) is 2.50. The number of hydrogen-bond acceptors (Lipinski definition) is 4. The lowest BCUT2D eigenvalue weighted by Crippen LogP contribution is -2.29. The molecule has 0 saturated heterocycles. The lowest BCUT2D eigenvalue weighted by atomic mass is 9.82. The van der Waals surface area contributed by atoms with Gasteiger partial charge in [-0.3, -0.25) is 0 Å². The summed E-state index contributed by atoms with van der Waals surface area (Å²) in [6, 6.07) is 19.0. The van der Waals surface area contributed by atoms with Crippen LogP contribution in [0.3, 0.4) is 0 Å². The number of hydrogen-bond donors (Lipinski definition) is 0. The largest absolute Gasteiger partial charge is 0.237 e. The molecule has 2 aromatic rings. The van der Waals surface area contributed by atoms with Crippen molar-refractivity contribution in [3.63, 3.8) is 0 Å². The van der Waals surface area contributed by atoms with Crippen LogP contribution in [0.2, 0.25) is 0 Å². The summed E-state index contributed by atoms with van der Waals surface area (Å²) in [5.74, 6) is -0.372. The molecule has 0 bridgehead atoms. The molecule has 2 aromatic carbocycles. The number of carbonyl (C=O) groups excluding carboxylic acids is 2. The highest BCUT2D eigenvalue weighted by molar-refractivity contribution is 5.44. The van der Waals surface area contributed by atoms with E-state index >= 15 is 0 Å². The van der Waals surface area contributed by atoms with E-state index < -0.39 is 5.66 Å². The Morgan fingerprint density at radius 3 is 1.52 bits per heavy atom. The van der Waals surface area contributed by atoms with Gasteiger partial charge in [-0.05, 0) is 18.1 Å². The predicted octanol–water partition coefficient (Wildman–Crippen LogP) is 3.21. The van der Waals surface area contributed by atoms with Crippen LogP contribution >= 0.6 is 0 Å². The number of nitrogens with zero attached hydrogens (tertiary/aromatic N) is 2. The van der Waals surface area contributed by atoms with Gasteiger partial charge in [0.2, 0.25) is 12.2 Å². The third-order valence-corrected chi connectivity index (χ3v) is 3.36. The van der Waals surface area contributed by atoms with Crippen molar-refractivity contribution in [2.75, 3.05) is 0 Å². The van der Waals surface area contributed by atoms with Crippen molar-refractivity contribution >= 4 is 12.2 Å². The summed E-state index contributed by atoms with van der Waals surface area (Å²) in [5, 5.41) is 0. The van der Waals surface area contributed by atoms with Crippen LogP contribution in [0.15, 0.2) is 70.6 Å². The molecule has 0 fully saturated rings. The van der Waals surface area contributed by atoms with Crippen molar-refractivity contribution < 1.29 is 9.59 Å². The zero-order chi connectivity index (χ0) is 15.1. The maximum Gasteiger partial charge on any atom is 0.237 e. The third-order valence-electron chi connectivity index (χ3n) is 3.36. The fraction of sp³-hybridized carbons (Fsp3) is 0.176. The predicted molar refractivity (Wildman–Crippen MR) is 79.4 cm³/mol. The van der Waals surface area contributed by atoms with E-state index in [2.05, 4.69) is 9.98 Å². The first-order chi connectivity index (χ1) is 10.2. The summed E-state index contributed by atoms with van der Waals surface area (Å²) < 4.78 is 0. The fourth-order valence-corrected chi connectivity index (χ4v) is 2.45. The topological polar surface area (TPSA) is 58.9 Å². The molecule has 0 aliphatic heterocycles. The molecule has 0 atom stereocenters. The van der Waals surface area contributed by atoms with Gasteiger partial charge in [0.25, 0.3) is 0 Å². The molecule has 0 spiro atoms. The highest BCUT2D eigenvalue weighted by atomic mass is 16.1. The van der Waals surface area contributed by atoms with Crippen molar-refractivity contribution in [2.24, 2.45) is 9.98 Å². The Morgan fingerprint density at radius 2 is 1.19 bits per heavy atom. The molecule has 21 heavy (non-hydrogen) atoms. The zero-order valence-electron chi connectivity index (χ0n) is 11.6. The second-order valence-corrected chi connectivity index (χ2v) is 4.75. The maximum atomic E-state index is 10.8. The van der Waals surface area contributed by atoms with Crippen molar-refractivity contribution in [3.05, 3.63) is 71.8 Å². The lowest BCUT2D eigenvalue weighted by Gasteiger charge is -2.29. The SMILES string of the molecule is CC(N=C=O)(N=C=O)C(c1ccccc1)c1ccccc1. The molecule has 0 heterocycles. The van der Waals surface area contributed by atoms with Gasteiger partial charge >= 0.3 is 0 Å². The molecular weight excluding hydrogens is 264 g/mol. The molecule has 0 aliphatic carbocycles. The Labute approximate surface area is 122 Å². The van der Waals surface area contributed by atoms with Gasteiger partial charge < -0.3 is 0 Å². The van der Waals surface area contributed by atoms with E-state index in [9.17, 15) is 9.59 Å². The number of benzene rings is 2. The molecule has 4 heteroatoms. The molecule has 0 aliphatic rings. The van der Waals surface area contributed by atoms with Crippen molar-refractivity contribution in [1.29, 1.82) is 0 Å². The molecule has 0 N–H and O–H groups in total. The Bertz CT molecular complexity index is 628. The van der Waals surface area contributed by atoms with Gasteiger partial charge in [-0.1, -0.05) is 60.7 Å². The smallest absolute Gasteiger partial charge is 0.211 e. The fourth-order valence-electron chi connectivity index (χ4n) is 2.45. The van der Waals surface area contributed by atoms with Crippen LogP contribution in [0.25, 0.3) is 0 Å². The van der Waals surface area contributed by atoms with E-state index in [1.165, 1.54) is 12.2 Å². The van der Waals surface area contributed by atoms with Crippen LogP contribution in [-0.2, 0) is 9.59 Å². The third kappa shape index (κ3) is 3.21. The Morgan fingerprint density at radius 1 is 0.810 bits per heavy atom. The first-order valence-corrected chi connectivity index (χ1v) is 6.49. The molecule has 0 amide bonds. The van der Waals surface area contributed by atoms with Crippen molar-refractivity contribution in [1.82, 2.24) is 0 Å². The monoisotopic (exact) mass is 278 g/mol. The van der Waals surface area contributed by atoms with Gasteiger partial charge in [-0.15, -0.1) is 0 Å². The van der Waals surface area contributed by atoms with Gasteiger partial charge in [0.05, 0.1) is 5.92 Å². The van der Waals surface area contributed by atoms with Gasteiger partial charge in [0.1, 0.15) is 0 Å². The van der Waals surface area contributed by atoms with E-state index in [1.54, 1.807) is 6.92 Å². The van der Waals surface area contributed by atoms with Crippen LogP contribution in [0.5, 0.6) is 0 Å².